The number of hydrogen-bond donors (Lipinski definition) is 3. The van der Waals surface area contributed by atoms with E-state index in [-0.39, 0.29) is 18.2 Å². The smallest absolute Gasteiger partial charge is 0.243 e. The van der Waals surface area contributed by atoms with E-state index in [1.807, 2.05) is 42.5 Å². The fraction of sp³-hybridized carbons (Fsp3) is 0.217. The van der Waals surface area contributed by atoms with Crippen LogP contribution in [0.25, 0.3) is 11.1 Å². The van der Waals surface area contributed by atoms with Gasteiger partial charge in [0.1, 0.15) is 0 Å². The molecule has 0 spiro atoms. The standard InChI is InChI=1S/C23H23N5O2/c1-2-22(29)25-14-19-10-9-18(13-24-19)16-5-3-15(4-6-16)11-23(30)26-21-12-20(27-28-21)17-7-8-17/h2-6,9-10,12-13,17H,1,7-8,11,14H2,(H,25,29)(H2,26,27,28,30). The third-order valence-electron chi connectivity index (χ3n) is 4.99. The van der Waals surface area contributed by atoms with Crippen molar-refractivity contribution in [2.75, 3.05) is 5.32 Å². The van der Waals surface area contributed by atoms with Crippen LogP contribution in [-0.4, -0.2) is 27.0 Å². The molecule has 7 nitrogen and oxygen atoms in total. The largest absolute Gasteiger partial charge is 0.347 e. The van der Waals surface area contributed by atoms with Crippen molar-refractivity contribution < 1.29 is 9.59 Å². The van der Waals surface area contributed by atoms with E-state index in [2.05, 4.69) is 32.4 Å². The number of aromatic amines is 1. The zero-order valence-corrected chi connectivity index (χ0v) is 16.5. The Hall–Kier alpha value is -3.74. The first-order valence-corrected chi connectivity index (χ1v) is 9.90. The minimum atomic E-state index is -0.226. The van der Waals surface area contributed by atoms with Crippen molar-refractivity contribution in [2.45, 2.75) is 31.7 Å². The van der Waals surface area contributed by atoms with Gasteiger partial charge in [-0.05, 0) is 36.1 Å². The van der Waals surface area contributed by atoms with Gasteiger partial charge in [0.2, 0.25) is 11.8 Å². The van der Waals surface area contributed by atoms with Crippen molar-refractivity contribution in [3.8, 4) is 11.1 Å². The average molecular weight is 401 g/mol. The van der Waals surface area contributed by atoms with Crippen LogP contribution in [0.3, 0.4) is 0 Å². The van der Waals surface area contributed by atoms with Crippen LogP contribution in [0.1, 0.15) is 35.7 Å². The molecule has 3 aromatic rings. The minimum absolute atomic E-state index is 0.0933. The van der Waals surface area contributed by atoms with Gasteiger partial charge in [0, 0.05) is 29.4 Å². The van der Waals surface area contributed by atoms with Crippen LogP contribution in [0, 0.1) is 0 Å². The Kier molecular flexibility index (Phi) is 5.70. The normalized spacial score (nSPS) is 12.9. The van der Waals surface area contributed by atoms with Crippen LogP contribution in [0.15, 0.2) is 61.3 Å². The first-order valence-electron chi connectivity index (χ1n) is 9.90. The molecule has 0 atom stereocenters. The molecule has 3 N–H and O–H groups in total. The molecule has 1 aliphatic carbocycles. The number of pyridine rings is 1. The Morgan fingerprint density at radius 3 is 2.57 bits per heavy atom. The fourth-order valence-electron chi connectivity index (χ4n) is 3.14. The van der Waals surface area contributed by atoms with E-state index in [0.29, 0.717) is 18.3 Å². The molecule has 1 aliphatic rings. The third-order valence-corrected chi connectivity index (χ3v) is 4.99. The lowest BCUT2D eigenvalue weighted by atomic mass is 10.0. The lowest BCUT2D eigenvalue weighted by Crippen LogP contribution is -2.20. The molecule has 1 fully saturated rings. The van der Waals surface area contributed by atoms with E-state index >= 15 is 0 Å². The van der Waals surface area contributed by atoms with Crippen molar-refractivity contribution in [1.29, 1.82) is 0 Å². The van der Waals surface area contributed by atoms with E-state index < -0.39 is 0 Å². The molecule has 2 heterocycles. The van der Waals surface area contributed by atoms with Crippen LogP contribution < -0.4 is 10.6 Å². The molecular weight excluding hydrogens is 378 g/mol. The maximum absolute atomic E-state index is 12.3. The monoisotopic (exact) mass is 401 g/mol. The molecule has 152 valence electrons. The van der Waals surface area contributed by atoms with Crippen LogP contribution >= 0.6 is 0 Å². The van der Waals surface area contributed by atoms with Crippen LogP contribution in [-0.2, 0) is 22.6 Å². The molecule has 0 saturated heterocycles. The molecule has 0 bridgehead atoms. The second-order valence-corrected chi connectivity index (χ2v) is 7.36. The third kappa shape index (κ3) is 5.00. The fourth-order valence-corrected chi connectivity index (χ4v) is 3.14. The summed E-state index contributed by atoms with van der Waals surface area (Å²) in [7, 11) is 0. The second kappa shape index (κ2) is 8.73. The van der Waals surface area contributed by atoms with Crippen LogP contribution in [0.2, 0.25) is 0 Å². The molecule has 1 aromatic carbocycles. The quantitative estimate of drug-likeness (QED) is 0.504. The number of amides is 2. The molecule has 2 amide bonds. The molecular formula is C23H23N5O2. The first-order chi connectivity index (χ1) is 14.6. The maximum Gasteiger partial charge on any atom is 0.243 e. The van der Waals surface area contributed by atoms with Gasteiger partial charge in [0.05, 0.1) is 18.7 Å². The molecule has 0 radical (unpaired) electrons. The number of carbonyl (C=O) groups is 2. The highest BCUT2D eigenvalue weighted by atomic mass is 16.2. The number of aromatic nitrogens is 3. The predicted molar refractivity (Wildman–Crippen MR) is 115 cm³/mol. The van der Waals surface area contributed by atoms with Gasteiger partial charge in [-0.1, -0.05) is 36.9 Å². The van der Waals surface area contributed by atoms with Crippen molar-refractivity contribution >= 4 is 17.6 Å². The highest BCUT2D eigenvalue weighted by Crippen LogP contribution is 2.39. The number of hydrogen-bond acceptors (Lipinski definition) is 4. The SMILES string of the molecule is C=CC(=O)NCc1ccc(-c2ccc(CC(=O)Nc3cc(C4CC4)[nH]n3)cc2)cn1. The number of rotatable bonds is 8. The van der Waals surface area contributed by atoms with E-state index in [4.69, 9.17) is 0 Å². The predicted octanol–water partition coefficient (Wildman–Crippen LogP) is 3.33. The Bertz CT molecular complexity index is 1050. The summed E-state index contributed by atoms with van der Waals surface area (Å²) in [5.74, 6) is 0.833. The second-order valence-electron chi connectivity index (χ2n) is 7.36. The summed E-state index contributed by atoms with van der Waals surface area (Å²) in [4.78, 5) is 27.9. The highest BCUT2D eigenvalue weighted by Gasteiger charge is 2.25. The van der Waals surface area contributed by atoms with Crippen molar-refractivity contribution in [3.63, 3.8) is 0 Å². The van der Waals surface area contributed by atoms with Crippen molar-refractivity contribution in [3.05, 3.63) is 78.3 Å². The van der Waals surface area contributed by atoms with Gasteiger partial charge in [0.25, 0.3) is 0 Å². The molecule has 30 heavy (non-hydrogen) atoms. The Balaban J connectivity index is 1.32. The van der Waals surface area contributed by atoms with Gasteiger partial charge in [-0.15, -0.1) is 0 Å². The lowest BCUT2D eigenvalue weighted by molar-refractivity contribution is -0.117. The van der Waals surface area contributed by atoms with Gasteiger partial charge >= 0.3 is 0 Å². The molecule has 7 heteroatoms. The molecule has 2 aromatic heterocycles. The van der Waals surface area contributed by atoms with Gasteiger partial charge in [0.15, 0.2) is 5.82 Å². The van der Waals surface area contributed by atoms with E-state index in [1.165, 1.54) is 18.9 Å². The first kappa shape index (κ1) is 19.6. The average Bonchev–Trinajstić information content (AvgIpc) is 3.52. The lowest BCUT2D eigenvalue weighted by Gasteiger charge is -2.06. The van der Waals surface area contributed by atoms with E-state index in [0.717, 1.165) is 28.1 Å². The number of anilines is 1. The number of H-pyrrole nitrogens is 1. The van der Waals surface area contributed by atoms with Crippen molar-refractivity contribution in [2.24, 2.45) is 0 Å². The Labute approximate surface area is 174 Å². The molecule has 0 unspecified atom stereocenters. The minimum Gasteiger partial charge on any atom is -0.347 e. The zero-order valence-electron chi connectivity index (χ0n) is 16.5. The van der Waals surface area contributed by atoms with E-state index in [1.54, 1.807) is 6.20 Å². The number of carbonyl (C=O) groups excluding carboxylic acids is 2. The summed E-state index contributed by atoms with van der Waals surface area (Å²) in [5, 5.41) is 12.7. The van der Waals surface area contributed by atoms with Crippen molar-refractivity contribution in [1.82, 2.24) is 20.5 Å². The summed E-state index contributed by atoms with van der Waals surface area (Å²) >= 11 is 0. The van der Waals surface area contributed by atoms with Gasteiger partial charge in [-0.2, -0.15) is 5.10 Å². The maximum atomic E-state index is 12.3. The number of nitrogens with zero attached hydrogens (tertiary/aromatic N) is 2. The number of benzene rings is 1. The van der Waals surface area contributed by atoms with E-state index in [9.17, 15) is 9.59 Å². The summed E-state index contributed by atoms with van der Waals surface area (Å²) < 4.78 is 0. The van der Waals surface area contributed by atoms with Crippen LogP contribution in [0.5, 0.6) is 0 Å². The summed E-state index contributed by atoms with van der Waals surface area (Å²) in [6, 6.07) is 13.6. The Morgan fingerprint density at radius 1 is 1.13 bits per heavy atom. The topological polar surface area (TPSA) is 99.8 Å². The Morgan fingerprint density at radius 2 is 1.90 bits per heavy atom. The van der Waals surface area contributed by atoms with Gasteiger partial charge < -0.3 is 10.6 Å². The molecule has 0 aliphatic heterocycles. The van der Waals surface area contributed by atoms with Gasteiger partial charge in [-0.3, -0.25) is 19.7 Å². The summed E-state index contributed by atoms with van der Waals surface area (Å²) in [5.41, 5.74) is 4.76. The van der Waals surface area contributed by atoms with Crippen LogP contribution in [0.4, 0.5) is 5.82 Å². The number of nitrogens with one attached hydrogen (secondary N) is 3. The summed E-state index contributed by atoms with van der Waals surface area (Å²) in [6.07, 6.45) is 5.66. The molecule has 1 saturated carbocycles. The highest BCUT2D eigenvalue weighted by molar-refractivity contribution is 5.91. The summed E-state index contributed by atoms with van der Waals surface area (Å²) in [6.45, 7) is 3.78. The molecule has 4 rings (SSSR count). The zero-order chi connectivity index (χ0) is 20.9. The van der Waals surface area contributed by atoms with Gasteiger partial charge in [-0.25, -0.2) is 0 Å².